The molecule has 1 rings (SSSR count). The minimum atomic E-state index is -0.256. The Hall–Kier alpha value is -0.770. The first-order valence-corrected chi connectivity index (χ1v) is 5.42. The van der Waals surface area contributed by atoms with Crippen LogP contribution in [0, 0.1) is 5.41 Å². The Balaban J connectivity index is 2.58. The largest absolute Gasteiger partial charge is 0.392 e. The van der Waals surface area contributed by atoms with Gasteiger partial charge in [-0.15, -0.1) is 0 Å². The van der Waals surface area contributed by atoms with Gasteiger partial charge in [-0.3, -0.25) is 0 Å². The van der Waals surface area contributed by atoms with E-state index < -0.39 is 0 Å². The fourth-order valence-electron chi connectivity index (χ4n) is 1.68. The number of rotatable bonds is 1. The minimum Gasteiger partial charge on any atom is -0.392 e. The van der Waals surface area contributed by atoms with Crippen molar-refractivity contribution in [2.75, 3.05) is 0 Å². The summed E-state index contributed by atoms with van der Waals surface area (Å²) in [5.41, 5.74) is 5.58. The van der Waals surface area contributed by atoms with E-state index in [0.29, 0.717) is 12.4 Å². The maximum atomic E-state index is 9.56. The Kier molecular flexibility index (Phi) is 3.01. The summed E-state index contributed by atoms with van der Waals surface area (Å²) >= 11 is 0. The summed E-state index contributed by atoms with van der Waals surface area (Å²) in [6.45, 7) is 10.1. The highest BCUT2D eigenvalue weighted by Gasteiger charge is 2.47. The second-order valence-corrected chi connectivity index (χ2v) is 5.98. The molecule has 0 aliphatic heterocycles. The molecule has 0 saturated heterocycles. The van der Waals surface area contributed by atoms with E-state index in [0.717, 1.165) is 0 Å². The van der Waals surface area contributed by atoms with Crippen LogP contribution in [-0.2, 0) is 0 Å². The zero-order chi connectivity index (χ0) is 11.9. The van der Waals surface area contributed by atoms with Crippen molar-refractivity contribution < 1.29 is 5.11 Å². The van der Waals surface area contributed by atoms with Crippen molar-refractivity contribution in [3.63, 3.8) is 0 Å². The van der Waals surface area contributed by atoms with Gasteiger partial charge < -0.3 is 16.2 Å². The SMILES string of the molecule is CC(C)(C)NC(N)=NC1CC(O)C1(C)C. The van der Waals surface area contributed by atoms with Crippen LogP contribution in [0.5, 0.6) is 0 Å². The van der Waals surface area contributed by atoms with Gasteiger partial charge in [-0.2, -0.15) is 0 Å². The highest BCUT2D eigenvalue weighted by Crippen LogP contribution is 2.42. The number of hydrogen-bond acceptors (Lipinski definition) is 2. The number of aliphatic hydroxyl groups excluding tert-OH is 1. The summed E-state index contributed by atoms with van der Waals surface area (Å²) in [6, 6.07) is 0.127. The van der Waals surface area contributed by atoms with Crippen molar-refractivity contribution in [2.24, 2.45) is 16.1 Å². The molecule has 2 atom stereocenters. The number of hydrogen-bond donors (Lipinski definition) is 3. The molecule has 1 aliphatic carbocycles. The molecule has 0 aromatic carbocycles. The van der Waals surface area contributed by atoms with Crippen molar-refractivity contribution in [3.05, 3.63) is 0 Å². The molecule has 2 unspecified atom stereocenters. The van der Waals surface area contributed by atoms with Crippen LogP contribution in [-0.4, -0.2) is 28.8 Å². The van der Waals surface area contributed by atoms with E-state index in [9.17, 15) is 5.11 Å². The highest BCUT2D eigenvalue weighted by molar-refractivity contribution is 5.78. The van der Waals surface area contributed by atoms with Crippen LogP contribution >= 0.6 is 0 Å². The first kappa shape index (κ1) is 12.3. The fraction of sp³-hybridized carbons (Fsp3) is 0.909. The zero-order valence-electron chi connectivity index (χ0n) is 10.3. The molecular weight excluding hydrogens is 190 g/mol. The van der Waals surface area contributed by atoms with Crippen LogP contribution in [0.1, 0.15) is 41.0 Å². The van der Waals surface area contributed by atoms with Crippen LogP contribution in [0.4, 0.5) is 0 Å². The van der Waals surface area contributed by atoms with E-state index in [2.05, 4.69) is 10.3 Å². The van der Waals surface area contributed by atoms with Gasteiger partial charge in [0, 0.05) is 11.0 Å². The maximum absolute atomic E-state index is 9.56. The van der Waals surface area contributed by atoms with Crippen LogP contribution in [0.2, 0.25) is 0 Å². The van der Waals surface area contributed by atoms with E-state index >= 15 is 0 Å². The average Bonchev–Trinajstić information content (AvgIpc) is 2.00. The van der Waals surface area contributed by atoms with Gasteiger partial charge in [0.15, 0.2) is 5.96 Å². The second kappa shape index (κ2) is 3.67. The van der Waals surface area contributed by atoms with E-state index in [4.69, 9.17) is 5.73 Å². The molecule has 1 fully saturated rings. The second-order valence-electron chi connectivity index (χ2n) is 5.98. The number of nitrogens with two attached hydrogens (primary N) is 1. The minimum absolute atomic E-state index is 0.0694. The van der Waals surface area contributed by atoms with Gasteiger partial charge in [0.1, 0.15) is 0 Å². The molecule has 0 spiro atoms. The molecule has 4 heteroatoms. The van der Waals surface area contributed by atoms with Gasteiger partial charge in [0.2, 0.25) is 0 Å². The van der Waals surface area contributed by atoms with Crippen LogP contribution in [0.15, 0.2) is 4.99 Å². The van der Waals surface area contributed by atoms with Gasteiger partial charge in [0.25, 0.3) is 0 Å². The van der Waals surface area contributed by atoms with E-state index in [1.165, 1.54) is 0 Å². The third-order valence-electron chi connectivity index (χ3n) is 2.96. The predicted octanol–water partition coefficient (Wildman–Crippen LogP) is 0.849. The molecule has 0 radical (unpaired) electrons. The molecule has 0 aromatic rings. The van der Waals surface area contributed by atoms with Crippen LogP contribution in [0.3, 0.4) is 0 Å². The zero-order valence-corrected chi connectivity index (χ0v) is 10.3. The predicted molar refractivity (Wildman–Crippen MR) is 62.7 cm³/mol. The van der Waals surface area contributed by atoms with Crippen molar-refractivity contribution in [3.8, 4) is 0 Å². The smallest absolute Gasteiger partial charge is 0.189 e. The Morgan fingerprint density at radius 1 is 1.47 bits per heavy atom. The average molecular weight is 213 g/mol. The molecule has 4 N–H and O–H groups in total. The normalized spacial score (nSPS) is 30.9. The van der Waals surface area contributed by atoms with Crippen molar-refractivity contribution in [1.82, 2.24) is 5.32 Å². The van der Waals surface area contributed by atoms with Gasteiger partial charge >= 0.3 is 0 Å². The molecule has 1 aliphatic rings. The lowest BCUT2D eigenvalue weighted by Crippen LogP contribution is -2.54. The molecule has 1 saturated carbocycles. The lowest BCUT2D eigenvalue weighted by atomic mass is 9.65. The quantitative estimate of drug-likeness (QED) is 0.447. The molecule has 0 aromatic heterocycles. The number of aliphatic imine (C=N–C) groups is 1. The standard InChI is InChI=1S/C11H23N3O/c1-10(2,3)14-9(12)13-7-6-8(15)11(7,4)5/h7-8,15H,6H2,1-5H3,(H3,12,13,14). The lowest BCUT2D eigenvalue weighted by molar-refractivity contribution is -0.0577. The van der Waals surface area contributed by atoms with Gasteiger partial charge in [-0.05, 0) is 27.2 Å². The Labute approximate surface area is 92.0 Å². The first-order valence-electron chi connectivity index (χ1n) is 5.42. The number of aliphatic hydroxyl groups is 1. The van der Waals surface area contributed by atoms with Gasteiger partial charge in [-0.25, -0.2) is 4.99 Å². The summed E-state index contributed by atoms with van der Waals surface area (Å²) in [5.74, 6) is 0.465. The monoisotopic (exact) mass is 213 g/mol. The Bertz CT molecular complexity index is 265. The maximum Gasteiger partial charge on any atom is 0.189 e. The number of guanidine groups is 1. The highest BCUT2D eigenvalue weighted by atomic mass is 16.3. The Morgan fingerprint density at radius 3 is 2.33 bits per heavy atom. The summed E-state index contributed by atoms with van der Waals surface area (Å²) in [5, 5.41) is 12.7. The van der Waals surface area contributed by atoms with Crippen LogP contribution in [0.25, 0.3) is 0 Å². The molecule has 4 nitrogen and oxygen atoms in total. The topological polar surface area (TPSA) is 70.6 Å². The molecule has 0 amide bonds. The van der Waals surface area contributed by atoms with Gasteiger partial charge in [0.05, 0.1) is 12.1 Å². The summed E-state index contributed by atoms with van der Waals surface area (Å²) in [7, 11) is 0. The first-order chi connectivity index (χ1) is 6.63. The van der Waals surface area contributed by atoms with Crippen molar-refractivity contribution in [2.45, 2.75) is 58.7 Å². The Morgan fingerprint density at radius 2 is 2.00 bits per heavy atom. The third kappa shape index (κ3) is 2.84. The molecule has 88 valence electrons. The summed E-state index contributed by atoms with van der Waals surface area (Å²) < 4.78 is 0. The number of nitrogens with zero attached hydrogens (tertiary/aromatic N) is 1. The summed E-state index contributed by atoms with van der Waals surface area (Å²) in [4.78, 5) is 4.39. The van der Waals surface area contributed by atoms with Gasteiger partial charge in [-0.1, -0.05) is 13.8 Å². The lowest BCUT2D eigenvalue weighted by Gasteiger charge is -2.47. The fourth-order valence-corrected chi connectivity index (χ4v) is 1.68. The van der Waals surface area contributed by atoms with E-state index in [1.807, 2.05) is 34.6 Å². The molecule has 15 heavy (non-hydrogen) atoms. The summed E-state index contributed by atoms with van der Waals surface area (Å²) in [6.07, 6.45) is 0.452. The molecule has 0 heterocycles. The third-order valence-corrected chi connectivity index (χ3v) is 2.96. The van der Waals surface area contributed by atoms with Crippen molar-refractivity contribution in [1.29, 1.82) is 0 Å². The van der Waals surface area contributed by atoms with Crippen molar-refractivity contribution >= 4 is 5.96 Å². The number of nitrogens with one attached hydrogen (secondary N) is 1. The van der Waals surface area contributed by atoms with E-state index in [-0.39, 0.29) is 23.1 Å². The van der Waals surface area contributed by atoms with Crippen LogP contribution < -0.4 is 11.1 Å². The molecular formula is C11H23N3O. The molecule has 0 bridgehead atoms. The van der Waals surface area contributed by atoms with E-state index in [1.54, 1.807) is 0 Å².